The normalized spacial score (nSPS) is 26.3. The summed E-state index contributed by atoms with van der Waals surface area (Å²) in [6, 6.07) is 8.86. The number of nitrogens with zero attached hydrogens (tertiary/aromatic N) is 4. The molecule has 2 N–H and O–H groups in total. The van der Waals surface area contributed by atoms with E-state index in [1.807, 2.05) is 6.07 Å². The van der Waals surface area contributed by atoms with Gasteiger partial charge in [-0.15, -0.1) is 10.2 Å². The van der Waals surface area contributed by atoms with E-state index in [-0.39, 0.29) is 11.8 Å². The summed E-state index contributed by atoms with van der Waals surface area (Å²) in [7, 11) is 0. The van der Waals surface area contributed by atoms with E-state index in [2.05, 4.69) is 20.5 Å². The largest absolute Gasteiger partial charge is 0.507 e. The Balaban J connectivity index is 1.32. The fourth-order valence-electron chi connectivity index (χ4n) is 4.06. The second kappa shape index (κ2) is 6.87. The van der Waals surface area contributed by atoms with Gasteiger partial charge in [0.05, 0.1) is 17.7 Å². The molecule has 2 aliphatic heterocycles. The van der Waals surface area contributed by atoms with Crippen LogP contribution in [0.1, 0.15) is 19.3 Å². The standard InChI is InChI=1S/C20H20FN5O2/c21-20-16-4-1-12(23-16)9-18(20)28-19-6-5-15(24-25-19)14-3-2-13(10-17(14)27)26-8-7-22-11-26/h2-3,5-8,10-12,16,18,20,23,27H,1,4,9H2/t12?,16?,18-,20+/m0/s1. The summed E-state index contributed by atoms with van der Waals surface area (Å²) >= 11 is 0. The topological polar surface area (TPSA) is 85.1 Å². The van der Waals surface area contributed by atoms with E-state index in [1.54, 1.807) is 47.6 Å². The number of alkyl halides is 1. The van der Waals surface area contributed by atoms with Crippen molar-refractivity contribution in [1.82, 2.24) is 25.1 Å². The smallest absolute Gasteiger partial charge is 0.233 e. The average molecular weight is 381 g/mol. The van der Waals surface area contributed by atoms with Gasteiger partial charge >= 0.3 is 0 Å². The molecule has 2 fully saturated rings. The molecule has 2 unspecified atom stereocenters. The minimum Gasteiger partial charge on any atom is -0.507 e. The van der Waals surface area contributed by atoms with Gasteiger partial charge in [0, 0.05) is 48.6 Å². The highest BCUT2D eigenvalue weighted by Crippen LogP contribution is 2.33. The lowest BCUT2D eigenvalue weighted by Gasteiger charge is -2.32. The molecule has 1 aromatic carbocycles. The Labute approximate surface area is 161 Å². The zero-order chi connectivity index (χ0) is 19.1. The van der Waals surface area contributed by atoms with Crippen molar-refractivity contribution in [3.63, 3.8) is 0 Å². The lowest BCUT2D eigenvalue weighted by atomic mass is 10.0. The minimum atomic E-state index is -1.04. The number of hydrogen-bond donors (Lipinski definition) is 2. The third-order valence-corrected chi connectivity index (χ3v) is 5.50. The number of hydrogen-bond acceptors (Lipinski definition) is 6. The number of fused-ring (bicyclic) bond motifs is 2. The van der Waals surface area contributed by atoms with Gasteiger partial charge in [-0.1, -0.05) is 0 Å². The molecule has 4 atom stereocenters. The molecule has 144 valence electrons. The monoisotopic (exact) mass is 381 g/mol. The van der Waals surface area contributed by atoms with Gasteiger partial charge in [-0.05, 0) is 31.0 Å². The van der Waals surface area contributed by atoms with Crippen molar-refractivity contribution in [3.8, 4) is 28.6 Å². The lowest BCUT2D eigenvalue weighted by Crippen LogP contribution is -2.51. The Morgan fingerprint density at radius 3 is 2.86 bits per heavy atom. The number of benzene rings is 1. The Morgan fingerprint density at radius 1 is 1.18 bits per heavy atom. The summed E-state index contributed by atoms with van der Waals surface area (Å²) in [5.41, 5.74) is 1.87. The Kier molecular flexibility index (Phi) is 4.20. The van der Waals surface area contributed by atoms with Crippen LogP contribution in [0.15, 0.2) is 49.1 Å². The van der Waals surface area contributed by atoms with Crippen molar-refractivity contribution in [2.45, 2.75) is 43.6 Å². The van der Waals surface area contributed by atoms with Crippen LogP contribution in [0.25, 0.3) is 16.9 Å². The molecule has 2 bridgehead atoms. The van der Waals surface area contributed by atoms with E-state index in [9.17, 15) is 9.50 Å². The van der Waals surface area contributed by atoms with E-state index in [0.29, 0.717) is 29.6 Å². The summed E-state index contributed by atoms with van der Waals surface area (Å²) < 4.78 is 22.1. The predicted octanol–water partition coefficient (Wildman–Crippen LogP) is 2.64. The molecule has 0 spiro atoms. The molecule has 0 radical (unpaired) electrons. The zero-order valence-corrected chi connectivity index (χ0v) is 15.1. The molecule has 28 heavy (non-hydrogen) atoms. The Morgan fingerprint density at radius 2 is 2.11 bits per heavy atom. The predicted molar refractivity (Wildman–Crippen MR) is 100 cm³/mol. The first-order chi connectivity index (χ1) is 13.7. The average Bonchev–Trinajstić information content (AvgIpc) is 3.37. The number of ether oxygens (including phenoxy) is 1. The molecule has 7 nitrogen and oxygen atoms in total. The van der Waals surface area contributed by atoms with E-state index in [0.717, 1.165) is 18.5 Å². The molecule has 8 heteroatoms. The third kappa shape index (κ3) is 3.09. The van der Waals surface area contributed by atoms with E-state index < -0.39 is 12.3 Å². The number of phenols is 1. The van der Waals surface area contributed by atoms with Gasteiger partial charge in [-0.2, -0.15) is 0 Å². The van der Waals surface area contributed by atoms with Crippen LogP contribution in [-0.2, 0) is 0 Å². The van der Waals surface area contributed by atoms with Gasteiger partial charge in [0.25, 0.3) is 0 Å². The molecule has 0 saturated carbocycles. The van der Waals surface area contributed by atoms with Crippen LogP contribution in [0, 0.1) is 0 Å². The molecule has 5 rings (SSSR count). The molecular weight excluding hydrogens is 361 g/mol. The molecule has 4 heterocycles. The SMILES string of the molecule is Oc1cc(-n2ccnc2)ccc1-c1ccc(O[C@H]2CC3CCC(N3)[C@H]2F)nn1. The maximum Gasteiger partial charge on any atom is 0.233 e. The molecule has 2 aliphatic rings. The van der Waals surface area contributed by atoms with E-state index in [4.69, 9.17) is 4.74 Å². The maximum atomic E-state index is 14.5. The van der Waals surface area contributed by atoms with Gasteiger partial charge in [0.15, 0.2) is 6.17 Å². The van der Waals surface area contributed by atoms with Crippen molar-refractivity contribution >= 4 is 0 Å². The quantitative estimate of drug-likeness (QED) is 0.723. The van der Waals surface area contributed by atoms with E-state index in [1.165, 1.54) is 0 Å². The van der Waals surface area contributed by atoms with Gasteiger partial charge < -0.3 is 19.7 Å². The fourth-order valence-corrected chi connectivity index (χ4v) is 4.06. The van der Waals surface area contributed by atoms with Crippen LogP contribution in [0.3, 0.4) is 0 Å². The van der Waals surface area contributed by atoms with Crippen LogP contribution < -0.4 is 10.1 Å². The van der Waals surface area contributed by atoms with Gasteiger partial charge in [-0.25, -0.2) is 9.37 Å². The highest BCUT2D eigenvalue weighted by atomic mass is 19.1. The second-order valence-electron chi connectivity index (χ2n) is 7.31. The van der Waals surface area contributed by atoms with Crippen molar-refractivity contribution in [3.05, 3.63) is 49.1 Å². The first kappa shape index (κ1) is 17.1. The Hall–Kier alpha value is -3.00. The fraction of sp³-hybridized carbons (Fsp3) is 0.350. The van der Waals surface area contributed by atoms with Gasteiger partial charge in [-0.3, -0.25) is 0 Å². The molecule has 0 aliphatic carbocycles. The molecule has 0 amide bonds. The van der Waals surface area contributed by atoms with Crippen molar-refractivity contribution in [1.29, 1.82) is 0 Å². The molecule has 2 saturated heterocycles. The van der Waals surface area contributed by atoms with Crippen LogP contribution in [-0.4, -0.2) is 49.2 Å². The number of halogens is 1. The molecule has 2 aromatic heterocycles. The van der Waals surface area contributed by atoms with Crippen molar-refractivity contribution < 1.29 is 14.2 Å². The number of piperidine rings is 1. The van der Waals surface area contributed by atoms with E-state index >= 15 is 0 Å². The number of rotatable bonds is 4. The highest BCUT2D eigenvalue weighted by Gasteiger charge is 2.43. The summed E-state index contributed by atoms with van der Waals surface area (Å²) in [6.07, 6.45) is 6.07. The van der Waals surface area contributed by atoms with Crippen LogP contribution >= 0.6 is 0 Å². The number of aromatic nitrogens is 4. The molecule has 3 aromatic rings. The third-order valence-electron chi connectivity index (χ3n) is 5.50. The summed E-state index contributed by atoms with van der Waals surface area (Å²) in [5, 5.41) is 21.9. The molecular formula is C20H20FN5O2. The van der Waals surface area contributed by atoms with Gasteiger partial charge in [0.2, 0.25) is 5.88 Å². The number of aromatic hydroxyl groups is 1. The number of imidazole rings is 1. The minimum absolute atomic E-state index is 0.0907. The maximum absolute atomic E-state index is 14.5. The number of nitrogens with one attached hydrogen (secondary N) is 1. The first-order valence-corrected chi connectivity index (χ1v) is 9.39. The van der Waals surface area contributed by atoms with Crippen molar-refractivity contribution in [2.75, 3.05) is 0 Å². The second-order valence-corrected chi connectivity index (χ2v) is 7.31. The summed E-state index contributed by atoms with van der Waals surface area (Å²) in [6.45, 7) is 0. The number of phenolic OH excluding ortho intramolecular Hbond substituents is 1. The zero-order valence-electron chi connectivity index (χ0n) is 15.1. The lowest BCUT2D eigenvalue weighted by molar-refractivity contribution is 0.0422. The summed E-state index contributed by atoms with van der Waals surface area (Å²) in [4.78, 5) is 4.00. The Bertz CT molecular complexity index is 963. The highest BCUT2D eigenvalue weighted by molar-refractivity contribution is 5.68. The van der Waals surface area contributed by atoms with Crippen LogP contribution in [0.4, 0.5) is 4.39 Å². The van der Waals surface area contributed by atoms with Crippen LogP contribution in [0.2, 0.25) is 0 Å². The first-order valence-electron chi connectivity index (χ1n) is 9.39. The van der Waals surface area contributed by atoms with Crippen molar-refractivity contribution in [2.24, 2.45) is 0 Å². The summed E-state index contributed by atoms with van der Waals surface area (Å²) in [5.74, 6) is 0.389. The van der Waals surface area contributed by atoms with Crippen LogP contribution in [0.5, 0.6) is 11.6 Å². The van der Waals surface area contributed by atoms with Gasteiger partial charge in [0.1, 0.15) is 11.9 Å².